The highest BCUT2D eigenvalue weighted by molar-refractivity contribution is 6.05. The van der Waals surface area contributed by atoms with Crippen LogP contribution in [0.25, 0.3) is 5.69 Å². The lowest BCUT2D eigenvalue weighted by Gasteiger charge is -2.13. The van der Waals surface area contributed by atoms with Crippen LogP contribution in [-0.2, 0) is 0 Å². The number of hydrogen-bond acceptors (Lipinski definition) is 4. The number of aromatic nitrogens is 2. The van der Waals surface area contributed by atoms with Crippen molar-refractivity contribution in [1.29, 1.82) is 0 Å². The van der Waals surface area contributed by atoms with Crippen LogP contribution in [0.5, 0.6) is 11.5 Å². The largest absolute Gasteiger partial charge is 0.490 e. The Hall–Kier alpha value is -3.28. The molecule has 6 nitrogen and oxygen atoms in total. The second-order valence-corrected chi connectivity index (χ2v) is 5.87. The van der Waals surface area contributed by atoms with E-state index < -0.39 is 0 Å². The molecule has 0 saturated carbocycles. The van der Waals surface area contributed by atoms with Gasteiger partial charge in [0.15, 0.2) is 11.5 Å². The van der Waals surface area contributed by atoms with E-state index in [0.717, 1.165) is 11.4 Å². The van der Waals surface area contributed by atoms with Crippen LogP contribution < -0.4 is 14.8 Å². The zero-order chi connectivity index (χ0) is 19.2. The van der Waals surface area contributed by atoms with E-state index in [2.05, 4.69) is 10.4 Å². The minimum atomic E-state index is -0.221. The molecule has 1 heterocycles. The first-order valence-electron chi connectivity index (χ1n) is 8.95. The summed E-state index contributed by atoms with van der Waals surface area (Å²) in [5, 5.41) is 7.25. The molecule has 0 spiro atoms. The zero-order valence-electron chi connectivity index (χ0n) is 15.7. The predicted molar refractivity (Wildman–Crippen MR) is 105 cm³/mol. The van der Waals surface area contributed by atoms with Gasteiger partial charge in [-0.2, -0.15) is 5.10 Å². The van der Waals surface area contributed by atoms with E-state index in [4.69, 9.17) is 9.47 Å². The Morgan fingerprint density at radius 3 is 2.44 bits per heavy atom. The maximum absolute atomic E-state index is 12.7. The molecular weight excluding hydrogens is 342 g/mol. The van der Waals surface area contributed by atoms with Crippen molar-refractivity contribution in [2.75, 3.05) is 18.5 Å². The van der Waals surface area contributed by atoms with Crippen molar-refractivity contribution in [2.45, 2.75) is 20.8 Å². The van der Waals surface area contributed by atoms with Crippen molar-refractivity contribution in [3.63, 3.8) is 0 Å². The molecule has 1 N–H and O–H groups in total. The van der Waals surface area contributed by atoms with Crippen LogP contribution in [0, 0.1) is 6.92 Å². The van der Waals surface area contributed by atoms with Gasteiger partial charge in [-0.15, -0.1) is 0 Å². The second kappa shape index (κ2) is 8.40. The SMILES string of the molecule is CCOc1ccc(NC(=O)c2cnn(-c3ccccc3)c2C)cc1OCC. The number of amides is 1. The molecule has 0 radical (unpaired) electrons. The minimum absolute atomic E-state index is 0.221. The number of carbonyl (C=O) groups is 1. The molecule has 140 valence electrons. The summed E-state index contributed by atoms with van der Waals surface area (Å²) in [6.45, 7) is 6.75. The number of nitrogens with zero attached hydrogens (tertiary/aromatic N) is 2. The fourth-order valence-corrected chi connectivity index (χ4v) is 2.79. The van der Waals surface area contributed by atoms with Crippen molar-refractivity contribution in [3.8, 4) is 17.2 Å². The first-order chi connectivity index (χ1) is 13.1. The molecule has 0 fully saturated rings. The standard InChI is InChI=1S/C21H23N3O3/c1-4-26-19-12-11-16(13-20(19)27-5-2)23-21(25)18-14-22-24(15(18)3)17-9-7-6-8-10-17/h6-14H,4-5H2,1-3H3,(H,23,25). The number of benzene rings is 2. The van der Waals surface area contributed by atoms with Gasteiger partial charge in [-0.25, -0.2) is 4.68 Å². The summed E-state index contributed by atoms with van der Waals surface area (Å²) in [4.78, 5) is 12.7. The van der Waals surface area contributed by atoms with E-state index in [1.807, 2.05) is 51.1 Å². The fraction of sp³-hybridized carbons (Fsp3) is 0.238. The molecule has 0 bridgehead atoms. The Kier molecular flexibility index (Phi) is 5.76. The molecule has 0 aliphatic carbocycles. The Morgan fingerprint density at radius 1 is 1.04 bits per heavy atom. The smallest absolute Gasteiger partial charge is 0.259 e. The minimum Gasteiger partial charge on any atom is -0.490 e. The highest BCUT2D eigenvalue weighted by atomic mass is 16.5. The maximum atomic E-state index is 12.7. The van der Waals surface area contributed by atoms with Crippen LogP contribution in [0.2, 0.25) is 0 Å². The molecular formula is C21H23N3O3. The molecule has 0 saturated heterocycles. The van der Waals surface area contributed by atoms with Gasteiger partial charge < -0.3 is 14.8 Å². The molecule has 0 unspecified atom stereocenters. The summed E-state index contributed by atoms with van der Waals surface area (Å²) in [6.07, 6.45) is 1.58. The molecule has 1 amide bonds. The van der Waals surface area contributed by atoms with Crippen molar-refractivity contribution in [2.24, 2.45) is 0 Å². The molecule has 2 aromatic carbocycles. The Balaban J connectivity index is 1.82. The number of ether oxygens (including phenoxy) is 2. The molecule has 0 atom stereocenters. The Labute approximate surface area is 158 Å². The number of nitrogens with one attached hydrogen (secondary N) is 1. The number of anilines is 1. The molecule has 3 rings (SSSR count). The summed E-state index contributed by atoms with van der Waals surface area (Å²) < 4.78 is 12.9. The predicted octanol–water partition coefficient (Wildman–Crippen LogP) is 4.23. The van der Waals surface area contributed by atoms with Gasteiger partial charge in [-0.05, 0) is 45.0 Å². The van der Waals surface area contributed by atoms with Crippen molar-refractivity contribution in [3.05, 3.63) is 66.0 Å². The Bertz CT molecular complexity index is 920. The van der Waals surface area contributed by atoms with E-state index in [9.17, 15) is 4.79 Å². The molecule has 0 aliphatic heterocycles. The highest BCUT2D eigenvalue weighted by Gasteiger charge is 2.16. The first-order valence-corrected chi connectivity index (χ1v) is 8.95. The number of carbonyl (C=O) groups excluding carboxylic acids is 1. The molecule has 27 heavy (non-hydrogen) atoms. The lowest BCUT2D eigenvalue weighted by molar-refractivity contribution is 0.102. The van der Waals surface area contributed by atoms with E-state index in [1.165, 1.54) is 0 Å². The second-order valence-electron chi connectivity index (χ2n) is 5.87. The monoisotopic (exact) mass is 365 g/mol. The third-order valence-electron chi connectivity index (χ3n) is 4.06. The lowest BCUT2D eigenvalue weighted by atomic mass is 10.2. The van der Waals surface area contributed by atoms with Gasteiger partial charge in [0, 0.05) is 11.8 Å². The summed E-state index contributed by atoms with van der Waals surface area (Å²) >= 11 is 0. The van der Waals surface area contributed by atoms with Gasteiger partial charge in [0.05, 0.1) is 36.4 Å². The molecule has 3 aromatic rings. The summed E-state index contributed by atoms with van der Waals surface area (Å²) in [5.41, 5.74) is 2.84. The molecule has 1 aromatic heterocycles. The lowest BCUT2D eigenvalue weighted by Crippen LogP contribution is -2.13. The maximum Gasteiger partial charge on any atom is 0.259 e. The van der Waals surface area contributed by atoms with E-state index in [1.54, 1.807) is 29.1 Å². The summed E-state index contributed by atoms with van der Waals surface area (Å²) in [7, 11) is 0. The topological polar surface area (TPSA) is 65.4 Å². The van der Waals surface area contributed by atoms with E-state index in [0.29, 0.717) is 36.0 Å². The average Bonchev–Trinajstić information content (AvgIpc) is 3.06. The quantitative estimate of drug-likeness (QED) is 0.680. The van der Waals surface area contributed by atoms with Gasteiger partial charge in [0.2, 0.25) is 0 Å². The van der Waals surface area contributed by atoms with Gasteiger partial charge in [0.1, 0.15) is 0 Å². The van der Waals surface area contributed by atoms with Crippen LogP contribution in [0.3, 0.4) is 0 Å². The number of rotatable bonds is 7. The van der Waals surface area contributed by atoms with Crippen LogP contribution in [-0.4, -0.2) is 28.9 Å². The summed E-state index contributed by atoms with van der Waals surface area (Å²) in [6, 6.07) is 15.1. The first kappa shape index (κ1) is 18.5. The van der Waals surface area contributed by atoms with E-state index >= 15 is 0 Å². The molecule has 0 aliphatic rings. The van der Waals surface area contributed by atoms with Crippen LogP contribution in [0.1, 0.15) is 29.9 Å². The van der Waals surface area contributed by atoms with Crippen molar-refractivity contribution < 1.29 is 14.3 Å². The van der Waals surface area contributed by atoms with Crippen LogP contribution >= 0.6 is 0 Å². The van der Waals surface area contributed by atoms with Crippen molar-refractivity contribution >= 4 is 11.6 Å². The highest BCUT2D eigenvalue weighted by Crippen LogP contribution is 2.31. The van der Waals surface area contributed by atoms with Gasteiger partial charge in [-0.1, -0.05) is 18.2 Å². The van der Waals surface area contributed by atoms with Crippen LogP contribution in [0.4, 0.5) is 5.69 Å². The van der Waals surface area contributed by atoms with Gasteiger partial charge in [-0.3, -0.25) is 4.79 Å². The van der Waals surface area contributed by atoms with Gasteiger partial charge >= 0.3 is 0 Å². The Morgan fingerprint density at radius 2 is 1.74 bits per heavy atom. The number of hydrogen-bond donors (Lipinski definition) is 1. The zero-order valence-corrected chi connectivity index (χ0v) is 15.7. The molecule has 6 heteroatoms. The van der Waals surface area contributed by atoms with Crippen LogP contribution in [0.15, 0.2) is 54.7 Å². The van der Waals surface area contributed by atoms with Gasteiger partial charge in [0.25, 0.3) is 5.91 Å². The third-order valence-corrected chi connectivity index (χ3v) is 4.06. The summed E-state index contributed by atoms with van der Waals surface area (Å²) in [5.74, 6) is 1.04. The normalized spacial score (nSPS) is 10.5. The third kappa shape index (κ3) is 4.11. The fourth-order valence-electron chi connectivity index (χ4n) is 2.79. The van der Waals surface area contributed by atoms with Crippen molar-refractivity contribution in [1.82, 2.24) is 9.78 Å². The van der Waals surface area contributed by atoms with E-state index in [-0.39, 0.29) is 5.91 Å². The number of para-hydroxylation sites is 1. The average molecular weight is 365 g/mol.